The number of carbonyl (C=O) groups is 2. The minimum atomic E-state index is -0.344. The van der Waals surface area contributed by atoms with Crippen LogP contribution in [0, 0.1) is 0 Å². The summed E-state index contributed by atoms with van der Waals surface area (Å²) in [5, 5.41) is 0.196. The number of halogens is 1. The van der Waals surface area contributed by atoms with Crippen molar-refractivity contribution in [2.24, 2.45) is 0 Å². The van der Waals surface area contributed by atoms with E-state index < -0.39 is 0 Å². The van der Waals surface area contributed by atoms with E-state index in [2.05, 4.69) is 6.58 Å². The molecule has 1 heterocycles. The van der Waals surface area contributed by atoms with E-state index in [-0.39, 0.29) is 17.7 Å². The van der Waals surface area contributed by atoms with Crippen molar-refractivity contribution in [3.63, 3.8) is 0 Å². The topological polar surface area (TPSA) is 55.8 Å². The highest BCUT2D eigenvalue weighted by Gasteiger charge is 2.35. The van der Waals surface area contributed by atoms with E-state index in [0.717, 1.165) is 28.5 Å². The quantitative estimate of drug-likeness (QED) is 0.386. The van der Waals surface area contributed by atoms with Gasteiger partial charge in [-0.3, -0.25) is 14.5 Å². The molecule has 1 aliphatic rings. The molecule has 0 N–H and O–H groups in total. The minimum Gasteiger partial charge on any atom is -0.493 e. The second kappa shape index (κ2) is 9.87. The maximum absolute atomic E-state index is 12.9. The van der Waals surface area contributed by atoms with Crippen LogP contribution in [-0.2, 0) is 17.8 Å². The smallest absolute Gasteiger partial charge is 0.293 e. The van der Waals surface area contributed by atoms with Gasteiger partial charge in [-0.05, 0) is 60.5 Å². The molecule has 0 saturated carbocycles. The minimum absolute atomic E-state index is 0.135. The van der Waals surface area contributed by atoms with Gasteiger partial charge in [0.2, 0.25) is 0 Å². The van der Waals surface area contributed by atoms with Gasteiger partial charge in [-0.25, -0.2) is 0 Å². The standard InChI is InChI=1S/C23H22ClNO4S/c1-4-8-16-11-15(12-19(29-5-2)21(16)28-3)13-20-22(26)25(23(27)30-20)14-17-9-6-7-10-18(17)24/h4,6-7,9-13H,1,5,8,14H2,2-3H3/b20-13+. The maximum Gasteiger partial charge on any atom is 0.293 e. The van der Waals surface area contributed by atoms with Gasteiger partial charge in [-0.15, -0.1) is 6.58 Å². The van der Waals surface area contributed by atoms with Crippen molar-refractivity contribution < 1.29 is 19.1 Å². The highest BCUT2D eigenvalue weighted by Crippen LogP contribution is 2.37. The van der Waals surface area contributed by atoms with Crippen LogP contribution in [0.3, 0.4) is 0 Å². The number of hydrogen-bond donors (Lipinski definition) is 0. The van der Waals surface area contributed by atoms with Gasteiger partial charge in [0.1, 0.15) is 0 Å². The first kappa shape index (κ1) is 22.0. The summed E-state index contributed by atoms with van der Waals surface area (Å²) in [6.07, 6.45) is 4.06. The molecule has 7 heteroatoms. The van der Waals surface area contributed by atoms with Gasteiger partial charge >= 0.3 is 0 Å². The fraction of sp³-hybridized carbons (Fsp3) is 0.217. The van der Waals surface area contributed by atoms with E-state index in [1.807, 2.05) is 19.1 Å². The molecule has 1 aliphatic heterocycles. The lowest BCUT2D eigenvalue weighted by Crippen LogP contribution is -2.27. The normalized spacial score (nSPS) is 15.0. The predicted molar refractivity (Wildman–Crippen MR) is 121 cm³/mol. The summed E-state index contributed by atoms with van der Waals surface area (Å²) < 4.78 is 11.2. The molecule has 0 aromatic heterocycles. The van der Waals surface area contributed by atoms with Gasteiger partial charge in [-0.2, -0.15) is 0 Å². The van der Waals surface area contributed by atoms with Crippen LogP contribution in [0.1, 0.15) is 23.6 Å². The molecule has 0 spiro atoms. The zero-order valence-corrected chi connectivity index (χ0v) is 18.4. The number of carbonyl (C=O) groups excluding carboxylic acids is 2. The summed E-state index contributed by atoms with van der Waals surface area (Å²) in [4.78, 5) is 26.9. The van der Waals surface area contributed by atoms with Crippen LogP contribution in [0.5, 0.6) is 11.5 Å². The number of ether oxygens (including phenoxy) is 2. The maximum atomic E-state index is 12.9. The summed E-state index contributed by atoms with van der Waals surface area (Å²) >= 11 is 7.10. The average Bonchev–Trinajstić information content (AvgIpc) is 2.97. The van der Waals surface area contributed by atoms with Crippen molar-refractivity contribution in [3.8, 4) is 11.5 Å². The van der Waals surface area contributed by atoms with E-state index in [1.54, 1.807) is 43.5 Å². The Bertz CT molecular complexity index is 1020. The summed E-state index contributed by atoms with van der Waals surface area (Å²) in [6, 6.07) is 10.9. The number of amides is 2. The Balaban J connectivity index is 1.93. The number of methoxy groups -OCH3 is 1. The number of rotatable bonds is 8. The number of benzene rings is 2. The Morgan fingerprint density at radius 3 is 2.63 bits per heavy atom. The summed E-state index contributed by atoms with van der Waals surface area (Å²) in [5.41, 5.74) is 2.36. The van der Waals surface area contributed by atoms with Gasteiger partial charge in [0.05, 0.1) is 25.2 Å². The van der Waals surface area contributed by atoms with E-state index >= 15 is 0 Å². The molecule has 1 saturated heterocycles. The lowest BCUT2D eigenvalue weighted by molar-refractivity contribution is -0.123. The van der Waals surface area contributed by atoms with Gasteiger partial charge in [0.15, 0.2) is 11.5 Å². The molecule has 30 heavy (non-hydrogen) atoms. The SMILES string of the molecule is C=CCc1cc(/C=C2/SC(=O)N(Cc3ccccc3Cl)C2=O)cc(OCC)c1OC. The molecular formula is C23H22ClNO4S. The molecule has 0 atom stereocenters. The average molecular weight is 444 g/mol. The zero-order valence-electron chi connectivity index (χ0n) is 16.8. The van der Waals surface area contributed by atoms with Crippen molar-refractivity contribution in [1.29, 1.82) is 0 Å². The predicted octanol–water partition coefficient (Wildman–Crippen LogP) is 5.71. The molecule has 1 fully saturated rings. The van der Waals surface area contributed by atoms with Crippen LogP contribution in [-0.4, -0.2) is 29.8 Å². The van der Waals surface area contributed by atoms with Crippen molar-refractivity contribution >= 4 is 40.6 Å². The molecule has 5 nitrogen and oxygen atoms in total. The largest absolute Gasteiger partial charge is 0.493 e. The van der Waals surface area contributed by atoms with Gasteiger partial charge in [0.25, 0.3) is 11.1 Å². The number of imide groups is 1. The first-order valence-electron chi connectivity index (χ1n) is 9.41. The van der Waals surface area contributed by atoms with Crippen molar-refractivity contribution in [2.45, 2.75) is 19.9 Å². The summed E-state index contributed by atoms with van der Waals surface area (Å²) in [6.45, 7) is 6.28. The molecular weight excluding hydrogens is 422 g/mol. The Hall–Kier alpha value is -2.70. The van der Waals surface area contributed by atoms with Crippen LogP contribution >= 0.6 is 23.4 Å². The van der Waals surface area contributed by atoms with Gasteiger partial charge in [-0.1, -0.05) is 35.9 Å². The van der Waals surface area contributed by atoms with Crippen molar-refractivity contribution in [2.75, 3.05) is 13.7 Å². The lowest BCUT2D eigenvalue weighted by atomic mass is 10.0. The highest BCUT2D eigenvalue weighted by atomic mass is 35.5. The third-order valence-electron chi connectivity index (χ3n) is 4.48. The molecule has 156 valence electrons. The second-order valence-corrected chi connectivity index (χ2v) is 7.90. The second-order valence-electron chi connectivity index (χ2n) is 6.50. The molecule has 0 bridgehead atoms. The fourth-order valence-electron chi connectivity index (χ4n) is 3.15. The van der Waals surface area contributed by atoms with Crippen LogP contribution in [0.15, 0.2) is 54.0 Å². The Morgan fingerprint density at radius 1 is 1.20 bits per heavy atom. The van der Waals surface area contributed by atoms with Crippen LogP contribution < -0.4 is 9.47 Å². The van der Waals surface area contributed by atoms with Crippen molar-refractivity contribution in [1.82, 2.24) is 4.90 Å². The first-order chi connectivity index (χ1) is 14.5. The fourth-order valence-corrected chi connectivity index (χ4v) is 4.19. The molecule has 0 radical (unpaired) electrons. The molecule has 3 rings (SSSR count). The zero-order chi connectivity index (χ0) is 21.7. The van der Waals surface area contributed by atoms with Crippen LogP contribution in [0.25, 0.3) is 6.08 Å². The third-order valence-corrected chi connectivity index (χ3v) is 5.76. The Morgan fingerprint density at radius 2 is 1.97 bits per heavy atom. The molecule has 0 unspecified atom stereocenters. The van der Waals surface area contributed by atoms with E-state index in [1.165, 1.54) is 4.90 Å². The van der Waals surface area contributed by atoms with Crippen LogP contribution in [0.4, 0.5) is 4.79 Å². The van der Waals surface area contributed by atoms with Gasteiger partial charge < -0.3 is 9.47 Å². The number of thioether (sulfide) groups is 1. The first-order valence-corrected chi connectivity index (χ1v) is 10.6. The summed E-state index contributed by atoms with van der Waals surface area (Å²) in [7, 11) is 1.59. The van der Waals surface area contributed by atoms with Crippen LogP contribution in [0.2, 0.25) is 5.02 Å². The Labute approximate surface area is 185 Å². The highest BCUT2D eigenvalue weighted by molar-refractivity contribution is 8.18. The van der Waals surface area contributed by atoms with E-state index in [9.17, 15) is 9.59 Å². The molecule has 0 aliphatic carbocycles. The van der Waals surface area contributed by atoms with Crippen molar-refractivity contribution in [3.05, 3.63) is 75.7 Å². The molecule has 2 aromatic rings. The number of nitrogens with zero attached hydrogens (tertiary/aromatic N) is 1. The van der Waals surface area contributed by atoms with Gasteiger partial charge in [0, 0.05) is 10.6 Å². The third kappa shape index (κ3) is 4.71. The van der Waals surface area contributed by atoms with E-state index in [0.29, 0.717) is 34.5 Å². The molecule has 2 amide bonds. The lowest BCUT2D eigenvalue weighted by Gasteiger charge is -2.15. The summed E-state index contributed by atoms with van der Waals surface area (Å²) in [5.74, 6) is 0.880. The monoisotopic (exact) mass is 443 g/mol. The number of hydrogen-bond acceptors (Lipinski definition) is 5. The Kier molecular flexibility index (Phi) is 7.24. The van der Waals surface area contributed by atoms with E-state index in [4.69, 9.17) is 21.1 Å². The number of allylic oxidation sites excluding steroid dienone is 1. The molecule has 2 aromatic carbocycles.